The highest BCUT2D eigenvalue weighted by molar-refractivity contribution is 5.76. The third-order valence-electron chi connectivity index (χ3n) is 4.13. The molecule has 0 aliphatic carbocycles. The molecule has 2 rings (SSSR count). The van der Waals surface area contributed by atoms with Gasteiger partial charge in [0.05, 0.1) is 6.61 Å². The quantitative estimate of drug-likeness (QED) is 0.705. The van der Waals surface area contributed by atoms with Crippen molar-refractivity contribution < 1.29 is 14.3 Å². The minimum absolute atomic E-state index is 0.228. The first kappa shape index (κ1) is 19.0. The summed E-state index contributed by atoms with van der Waals surface area (Å²) < 4.78 is 5.43. The number of amides is 3. The largest absolute Gasteiger partial charge is 0.478 e. The molecule has 3 amide bonds. The number of nitrogens with one attached hydrogen (secondary N) is 2. The zero-order valence-corrected chi connectivity index (χ0v) is 14.9. The van der Waals surface area contributed by atoms with Gasteiger partial charge in [-0.2, -0.15) is 0 Å². The van der Waals surface area contributed by atoms with Gasteiger partial charge in [-0.25, -0.2) is 9.78 Å². The van der Waals surface area contributed by atoms with E-state index in [0.29, 0.717) is 38.5 Å². The van der Waals surface area contributed by atoms with Crippen LogP contribution in [0, 0.1) is 0 Å². The second-order valence-corrected chi connectivity index (χ2v) is 6.06. The SMILES string of the molecule is CCOc1ncccc1CNC(=O)NCCCN1CCCCCC1=O. The molecule has 1 fully saturated rings. The molecule has 7 nitrogen and oxygen atoms in total. The molecule has 25 heavy (non-hydrogen) atoms. The van der Waals surface area contributed by atoms with Gasteiger partial charge < -0.3 is 20.3 Å². The van der Waals surface area contributed by atoms with E-state index in [9.17, 15) is 9.59 Å². The minimum atomic E-state index is -0.228. The fraction of sp³-hybridized carbons (Fsp3) is 0.611. The zero-order valence-electron chi connectivity index (χ0n) is 14.9. The first-order chi connectivity index (χ1) is 12.2. The maximum Gasteiger partial charge on any atom is 0.315 e. The lowest BCUT2D eigenvalue weighted by Gasteiger charge is -2.20. The van der Waals surface area contributed by atoms with Gasteiger partial charge >= 0.3 is 6.03 Å². The molecule has 7 heteroatoms. The fourth-order valence-electron chi connectivity index (χ4n) is 2.81. The number of carbonyl (C=O) groups is 2. The molecule has 0 saturated carbocycles. The molecule has 138 valence electrons. The van der Waals surface area contributed by atoms with Crippen LogP contribution in [0.25, 0.3) is 0 Å². The number of nitrogens with zero attached hydrogens (tertiary/aromatic N) is 2. The third kappa shape index (κ3) is 6.60. The smallest absolute Gasteiger partial charge is 0.315 e. The van der Waals surface area contributed by atoms with Crippen molar-refractivity contribution in [1.29, 1.82) is 0 Å². The fourth-order valence-corrected chi connectivity index (χ4v) is 2.81. The maximum absolute atomic E-state index is 11.9. The first-order valence-corrected chi connectivity index (χ1v) is 9.07. The Labute approximate surface area is 149 Å². The van der Waals surface area contributed by atoms with Crippen LogP contribution in [0.5, 0.6) is 5.88 Å². The highest BCUT2D eigenvalue weighted by atomic mass is 16.5. The highest BCUT2D eigenvalue weighted by Crippen LogP contribution is 2.13. The maximum atomic E-state index is 11.9. The standard InChI is InChI=1S/C18H28N4O3/c1-2-25-17-15(8-6-10-19-17)14-21-18(24)20-11-7-13-22-12-5-3-4-9-16(22)23/h6,8,10H,2-5,7,9,11-14H2,1H3,(H2,20,21,24). The Bertz CT molecular complexity index is 565. The average Bonchev–Trinajstić information content (AvgIpc) is 2.82. The van der Waals surface area contributed by atoms with Crippen molar-refractivity contribution in [2.24, 2.45) is 0 Å². The number of carbonyl (C=O) groups excluding carboxylic acids is 2. The van der Waals surface area contributed by atoms with E-state index in [1.165, 1.54) is 0 Å². The number of ether oxygens (including phenoxy) is 1. The molecule has 1 aliphatic heterocycles. The van der Waals surface area contributed by atoms with E-state index in [4.69, 9.17) is 4.74 Å². The van der Waals surface area contributed by atoms with Gasteiger partial charge in [0.1, 0.15) is 0 Å². The van der Waals surface area contributed by atoms with Gasteiger partial charge in [0.2, 0.25) is 11.8 Å². The molecule has 1 saturated heterocycles. The topological polar surface area (TPSA) is 83.6 Å². The number of hydrogen-bond acceptors (Lipinski definition) is 4. The van der Waals surface area contributed by atoms with Crippen LogP contribution in [0.1, 0.15) is 44.6 Å². The Hall–Kier alpha value is -2.31. The minimum Gasteiger partial charge on any atom is -0.478 e. The molecule has 0 unspecified atom stereocenters. The van der Waals surface area contributed by atoms with Gasteiger partial charge in [0, 0.05) is 44.4 Å². The molecular formula is C18H28N4O3. The molecule has 1 aromatic heterocycles. The van der Waals surface area contributed by atoms with E-state index in [1.54, 1.807) is 6.20 Å². The molecule has 1 aliphatic rings. The normalized spacial score (nSPS) is 14.8. The molecule has 0 aromatic carbocycles. The highest BCUT2D eigenvalue weighted by Gasteiger charge is 2.15. The predicted octanol–water partition coefficient (Wildman–Crippen LogP) is 2.07. The van der Waals surface area contributed by atoms with Crippen molar-refractivity contribution in [2.75, 3.05) is 26.2 Å². The predicted molar refractivity (Wildman–Crippen MR) is 95.3 cm³/mol. The van der Waals surface area contributed by atoms with E-state index in [0.717, 1.165) is 37.8 Å². The number of rotatable bonds is 8. The summed E-state index contributed by atoms with van der Waals surface area (Å²) in [4.78, 5) is 29.9. The molecule has 2 N–H and O–H groups in total. The van der Waals surface area contributed by atoms with Crippen LogP contribution >= 0.6 is 0 Å². The molecule has 2 heterocycles. The third-order valence-corrected chi connectivity index (χ3v) is 4.13. The molecule has 0 spiro atoms. The van der Waals surface area contributed by atoms with Gasteiger partial charge in [-0.15, -0.1) is 0 Å². The van der Waals surface area contributed by atoms with Gasteiger partial charge in [-0.05, 0) is 32.3 Å². The summed E-state index contributed by atoms with van der Waals surface area (Å²) in [7, 11) is 0. The van der Waals surface area contributed by atoms with Crippen LogP contribution in [0.15, 0.2) is 18.3 Å². The second-order valence-electron chi connectivity index (χ2n) is 6.06. The molecule has 0 bridgehead atoms. The van der Waals surface area contributed by atoms with Crippen molar-refractivity contribution >= 4 is 11.9 Å². The van der Waals surface area contributed by atoms with Crippen molar-refractivity contribution in [3.8, 4) is 5.88 Å². The number of pyridine rings is 1. The summed E-state index contributed by atoms with van der Waals surface area (Å²) >= 11 is 0. The summed E-state index contributed by atoms with van der Waals surface area (Å²) in [6.45, 7) is 4.88. The summed E-state index contributed by atoms with van der Waals surface area (Å²) in [5.41, 5.74) is 0.842. The summed E-state index contributed by atoms with van der Waals surface area (Å²) in [6, 6.07) is 3.47. The van der Waals surface area contributed by atoms with Crippen molar-refractivity contribution in [3.05, 3.63) is 23.9 Å². The number of hydrogen-bond donors (Lipinski definition) is 2. The Kier molecular flexibility index (Phi) is 8.01. The molecular weight excluding hydrogens is 320 g/mol. The van der Waals surface area contributed by atoms with Crippen LogP contribution in [0.3, 0.4) is 0 Å². The molecule has 1 aromatic rings. The Balaban J connectivity index is 1.65. The van der Waals surface area contributed by atoms with Crippen molar-refractivity contribution in [3.63, 3.8) is 0 Å². The van der Waals surface area contributed by atoms with Gasteiger partial charge in [0.15, 0.2) is 0 Å². The van der Waals surface area contributed by atoms with E-state index in [-0.39, 0.29) is 11.9 Å². The average molecular weight is 348 g/mol. The lowest BCUT2D eigenvalue weighted by Crippen LogP contribution is -2.38. The number of urea groups is 1. The first-order valence-electron chi connectivity index (χ1n) is 9.07. The lowest BCUT2D eigenvalue weighted by molar-refractivity contribution is -0.130. The van der Waals surface area contributed by atoms with E-state index in [2.05, 4.69) is 15.6 Å². The van der Waals surface area contributed by atoms with Crippen LogP contribution in [-0.2, 0) is 11.3 Å². The van der Waals surface area contributed by atoms with Gasteiger partial charge in [-0.3, -0.25) is 4.79 Å². The van der Waals surface area contributed by atoms with Crippen LogP contribution in [-0.4, -0.2) is 48.1 Å². The summed E-state index contributed by atoms with van der Waals surface area (Å²) in [6.07, 6.45) is 6.28. The van der Waals surface area contributed by atoms with E-state index < -0.39 is 0 Å². The van der Waals surface area contributed by atoms with Crippen LogP contribution < -0.4 is 15.4 Å². The summed E-state index contributed by atoms with van der Waals surface area (Å²) in [5.74, 6) is 0.784. The number of aromatic nitrogens is 1. The Morgan fingerprint density at radius 3 is 3.04 bits per heavy atom. The van der Waals surface area contributed by atoms with Gasteiger partial charge in [0.25, 0.3) is 0 Å². The molecule has 0 radical (unpaired) electrons. The monoisotopic (exact) mass is 348 g/mol. The number of likely N-dealkylation sites (tertiary alicyclic amines) is 1. The Morgan fingerprint density at radius 2 is 2.20 bits per heavy atom. The second kappa shape index (κ2) is 10.5. The van der Waals surface area contributed by atoms with Crippen LogP contribution in [0.2, 0.25) is 0 Å². The van der Waals surface area contributed by atoms with Crippen LogP contribution in [0.4, 0.5) is 4.79 Å². The van der Waals surface area contributed by atoms with E-state index in [1.807, 2.05) is 24.0 Å². The molecule has 0 atom stereocenters. The van der Waals surface area contributed by atoms with E-state index >= 15 is 0 Å². The van der Waals surface area contributed by atoms with Gasteiger partial charge in [-0.1, -0.05) is 12.5 Å². The lowest BCUT2D eigenvalue weighted by atomic mass is 10.2. The van der Waals surface area contributed by atoms with Crippen molar-refractivity contribution in [1.82, 2.24) is 20.5 Å². The zero-order chi connectivity index (χ0) is 17.9. The van der Waals surface area contributed by atoms with Crippen molar-refractivity contribution in [2.45, 2.75) is 45.6 Å². The Morgan fingerprint density at radius 1 is 1.32 bits per heavy atom. The summed E-state index contributed by atoms with van der Waals surface area (Å²) in [5, 5.41) is 5.63.